The molecule has 0 N–H and O–H groups in total. The highest BCUT2D eigenvalue weighted by molar-refractivity contribution is 7.80. The summed E-state index contributed by atoms with van der Waals surface area (Å²) < 4.78 is 0. The van der Waals surface area contributed by atoms with E-state index in [4.69, 9.17) is 20.1 Å². The fourth-order valence-electron chi connectivity index (χ4n) is 4.06. The molecule has 4 unspecified atom stereocenters. The van der Waals surface area contributed by atoms with Crippen molar-refractivity contribution in [1.29, 1.82) is 0 Å². The highest BCUT2D eigenvalue weighted by Gasteiger charge is 2.35. The number of thiocarbonyl (C=S) groups is 1. The molecule has 1 aliphatic carbocycles. The first-order valence-electron chi connectivity index (χ1n) is 8.55. The van der Waals surface area contributed by atoms with Gasteiger partial charge in [-0.2, -0.15) is 0 Å². The van der Waals surface area contributed by atoms with Gasteiger partial charge in [0.05, 0.1) is 12.8 Å². The molecule has 2 radical (unpaired) electrons. The van der Waals surface area contributed by atoms with Crippen molar-refractivity contribution < 1.29 is 0 Å². The number of hydrogen-bond donors (Lipinski definition) is 0. The van der Waals surface area contributed by atoms with Crippen LogP contribution < -0.4 is 0 Å². The lowest BCUT2D eigenvalue weighted by molar-refractivity contribution is 0.191. The SMILES string of the molecule is [B]C1CCCC2C(=S)N(C(C)C)CCC2CC(C)CC1. The van der Waals surface area contributed by atoms with E-state index in [-0.39, 0.29) is 0 Å². The summed E-state index contributed by atoms with van der Waals surface area (Å²) >= 11 is 5.85. The zero-order valence-electron chi connectivity index (χ0n) is 13.5. The summed E-state index contributed by atoms with van der Waals surface area (Å²) in [5, 5.41) is 0. The van der Waals surface area contributed by atoms with Crippen LogP contribution in [0.4, 0.5) is 0 Å². The lowest BCUT2D eigenvalue weighted by Crippen LogP contribution is -2.48. The number of fused-ring (bicyclic) bond motifs is 1. The van der Waals surface area contributed by atoms with E-state index in [0.717, 1.165) is 11.8 Å². The summed E-state index contributed by atoms with van der Waals surface area (Å²) in [5.74, 6) is 2.67. The van der Waals surface area contributed by atoms with Gasteiger partial charge in [-0.05, 0) is 44.9 Å². The van der Waals surface area contributed by atoms with Crippen LogP contribution in [0.1, 0.15) is 65.7 Å². The van der Waals surface area contributed by atoms with E-state index in [2.05, 4.69) is 25.7 Å². The van der Waals surface area contributed by atoms with E-state index >= 15 is 0 Å². The van der Waals surface area contributed by atoms with Gasteiger partial charge in [0.2, 0.25) is 0 Å². The van der Waals surface area contributed by atoms with Crippen molar-refractivity contribution in [2.45, 2.75) is 77.6 Å². The van der Waals surface area contributed by atoms with Gasteiger partial charge in [0, 0.05) is 18.5 Å². The molecule has 0 aromatic heterocycles. The molecule has 0 amide bonds. The van der Waals surface area contributed by atoms with Crippen LogP contribution in [0.25, 0.3) is 0 Å². The molecular weight excluding hydrogens is 261 g/mol. The molecular formula is C17H30BNS. The zero-order chi connectivity index (χ0) is 14.7. The van der Waals surface area contributed by atoms with Gasteiger partial charge in [0.25, 0.3) is 0 Å². The van der Waals surface area contributed by atoms with Crippen molar-refractivity contribution in [2.75, 3.05) is 6.54 Å². The summed E-state index contributed by atoms with van der Waals surface area (Å²) in [6.45, 7) is 8.11. The topological polar surface area (TPSA) is 3.24 Å². The molecule has 4 atom stereocenters. The first-order chi connectivity index (χ1) is 9.49. The largest absolute Gasteiger partial charge is 0.363 e. The highest BCUT2D eigenvalue weighted by Crippen LogP contribution is 2.38. The predicted octanol–water partition coefficient (Wildman–Crippen LogP) is 4.61. The minimum absolute atomic E-state index is 0.410. The summed E-state index contributed by atoms with van der Waals surface area (Å²) in [5.41, 5.74) is 0. The van der Waals surface area contributed by atoms with Crippen molar-refractivity contribution >= 4 is 25.1 Å². The number of piperidine rings is 1. The maximum Gasteiger partial charge on any atom is 0.0815 e. The third-order valence-electron chi connectivity index (χ3n) is 5.36. The smallest absolute Gasteiger partial charge is 0.0815 e. The maximum absolute atomic E-state index is 6.22. The standard InChI is InChI=1S/C17H30BNS/c1-12(2)19-10-9-14-11-13(3)7-8-15(18)5-4-6-16(14)17(19)20/h12-16H,4-11H2,1-3H3. The van der Waals surface area contributed by atoms with Gasteiger partial charge in [-0.25, -0.2) is 0 Å². The van der Waals surface area contributed by atoms with Crippen LogP contribution in [-0.2, 0) is 0 Å². The number of nitrogens with zero attached hydrogens (tertiary/aromatic N) is 1. The molecule has 2 rings (SSSR count). The number of rotatable bonds is 1. The Balaban J connectivity index is 2.08. The van der Waals surface area contributed by atoms with Gasteiger partial charge < -0.3 is 4.90 Å². The van der Waals surface area contributed by atoms with Gasteiger partial charge >= 0.3 is 0 Å². The fraction of sp³-hybridized carbons (Fsp3) is 0.941. The van der Waals surface area contributed by atoms with E-state index in [9.17, 15) is 0 Å². The summed E-state index contributed by atoms with van der Waals surface area (Å²) in [6, 6.07) is 0.554. The van der Waals surface area contributed by atoms with E-state index in [1.807, 2.05) is 0 Å². The van der Waals surface area contributed by atoms with Crippen molar-refractivity contribution in [3.8, 4) is 0 Å². The molecule has 1 heterocycles. The van der Waals surface area contributed by atoms with E-state index in [1.54, 1.807) is 0 Å². The van der Waals surface area contributed by atoms with E-state index < -0.39 is 0 Å². The highest BCUT2D eigenvalue weighted by atomic mass is 32.1. The third kappa shape index (κ3) is 3.99. The monoisotopic (exact) mass is 291 g/mol. The van der Waals surface area contributed by atoms with Gasteiger partial charge in [-0.1, -0.05) is 50.6 Å². The van der Waals surface area contributed by atoms with Crippen LogP contribution in [0.3, 0.4) is 0 Å². The average molecular weight is 291 g/mol. The molecule has 1 nitrogen and oxygen atoms in total. The van der Waals surface area contributed by atoms with Gasteiger partial charge in [0.15, 0.2) is 0 Å². The van der Waals surface area contributed by atoms with Crippen LogP contribution in [0.5, 0.6) is 0 Å². The Morgan fingerprint density at radius 2 is 1.90 bits per heavy atom. The van der Waals surface area contributed by atoms with Crippen molar-refractivity contribution in [3.63, 3.8) is 0 Å². The molecule has 1 aliphatic heterocycles. The molecule has 2 aliphatic rings. The van der Waals surface area contributed by atoms with Crippen LogP contribution in [0, 0.1) is 17.8 Å². The van der Waals surface area contributed by atoms with Crippen molar-refractivity contribution in [1.82, 2.24) is 4.90 Å². The maximum atomic E-state index is 6.22. The van der Waals surface area contributed by atoms with E-state index in [1.165, 1.54) is 56.5 Å². The Morgan fingerprint density at radius 1 is 1.15 bits per heavy atom. The second-order valence-corrected chi connectivity index (χ2v) is 7.81. The Labute approximate surface area is 132 Å². The molecule has 0 bridgehead atoms. The molecule has 0 aromatic rings. The van der Waals surface area contributed by atoms with Gasteiger partial charge in [0.1, 0.15) is 0 Å². The molecule has 3 heteroatoms. The van der Waals surface area contributed by atoms with Gasteiger partial charge in [-0.15, -0.1) is 0 Å². The fourth-order valence-corrected chi connectivity index (χ4v) is 4.67. The van der Waals surface area contributed by atoms with Crippen LogP contribution in [-0.4, -0.2) is 30.3 Å². The lowest BCUT2D eigenvalue weighted by Gasteiger charge is -2.44. The van der Waals surface area contributed by atoms with Crippen molar-refractivity contribution in [3.05, 3.63) is 0 Å². The zero-order valence-corrected chi connectivity index (χ0v) is 14.3. The molecule has 1 saturated carbocycles. The summed E-state index contributed by atoms with van der Waals surface area (Å²) in [7, 11) is 6.22. The molecule has 2 fully saturated rings. The molecule has 0 spiro atoms. The second kappa shape index (κ2) is 7.29. The predicted molar refractivity (Wildman–Crippen MR) is 92.4 cm³/mol. The lowest BCUT2D eigenvalue weighted by atomic mass is 9.71. The second-order valence-electron chi connectivity index (χ2n) is 7.39. The molecule has 20 heavy (non-hydrogen) atoms. The molecule has 0 aromatic carbocycles. The van der Waals surface area contributed by atoms with E-state index in [0.29, 0.717) is 17.8 Å². The normalized spacial score (nSPS) is 36.8. The Morgan fingerprint density at radius 3 is 2.60 bits per heavy atom. The first-order valence-corrected chi connectivity index (χ1v) is 8.96. The van der Waals surface area contributed by atoms with Gasteiger partial charge in [-0.3, -0.25) is 0 Å². The minimum atomic E-state index is 0.410. The summed E-state index contributed by atoms with van der Waals surface area (Å²) in [6.07, 6.45) is 8.88. The van der Waals surface area contributed by atoms with Crippen LogP contribution in [0.2, 0.25) is 5.82 Å². The first kappa shape index (κ1) is 16.3. The summed E-state index contributed by atoms with van der Waals surface area (Å²) in [4.78, 5) is 3.71. The third-order valence-corrected chi connectivity index (χ3v) is 5.90. The van der Waals surface area contributed by atoms with Crippen molar-refractivity contribution in [2.24, 2.45) is 17.8 Å². The number of hydrogen-bond acceptors (Lipinski definition) is 1. The quantitative estimate of drug-likeness (QED) is 0.513. The number of likely N-dealkylation sites (tertiary alicyclic amines) is 1. The Bertz CT molecular complexity index is 331. The van der Waals surface area contributed by atoms with Crippen LogP contribution in [0.15, 0.2) is 0 Å². The molecule has 1 saturated heterocycles. The Hall–Kier alpha value is -0.0451. The van der Waals surface area contributed by atoms with Crippen LogP contribution >= 0.6 is 12.2 Å². The average Bonchev–Trinajstić information content (AvgIpc) is 2.39. The Kier molecular flexibility index (Phi) is 5.95. The molecule has 112 valence electrons. The minimum Gasteiger partial charge on any atom is -0.363 e.